The summed E-state index contributed by atoms with van der Waals surface area (Å²) in [6.45, 7) is 1.50. The largest absolute Gasteiger partial charge is 0.484 e. The number of nitrogens with two attached hydrogens (primary N) is 1. The minimum absolute atomic E-state index is 0.0813. The zero-order valence-electron chi connectivity index (χ0n) is 10.1. The van der Waals surface area contributed by atoms with Crippen LogP contribution in [-0.2, 0) is 9.47 Å². The molecule has 0 aliphatic heterocycles. The predicted molar refractivity (Wildman–Crippen MR) is 65.7 cm³/mol. The van der Waals surface area contributed by atoms with Crippen molar-refractivity contribution in [2.45, 2.75) is 0 Å². The van der Waals surface area contributed by atoms with Gasteiger partial charge in [0.2, 0.25) is 0 Å². The fraction of sp³-hybridized carbons (Fsp3) is 0.455. The molecule has 1 aromatic rings. The molecular formula is C11H16N2O5. The summed E-state index contributed by atoms with van der Waals surface area (Å²) in [6, 6.07) is 4.56. The van der Waals surface area contributed by atoms with Gasteiger partial charge in [-0.25, -0.2) is 0 Å². The first kappa shape index (κ1) is 14.2. The van der Waals surface area contributed by atoms with Crippen molar-refractivity contribution in [3.63, 3.8) is 0 Å². The average Bonchev–Trinajstić information content (AvgIpc) is 2.33. The van der Waals surface area contributed by atoms with Crippen LogP contribution in [0.25, 0.3) is 0 Å². The summed E-state index contributed by atoms with van der Waals surface area (Å²) >= 11 is 0. The summed E-state index contributed by atoms with van der Waals surface area (Å²) in [7, 11) is 1.58. The Morgan fingerprint density at radius 3 is 2.67 bits per heavy atom. The van der Waals surface area contributed by atoms with Crippen LogP contribution in [0.5, 0.6) is 5.75 Å². The SMILES string of the molecule is COCCOCCOc1cccc(N)c1[N+](=O)[O-]. The van der Waals surface area contributed by atoms with E-state index in [4.69, 9.17) is 19.9 Å². The topological polar surface area (TPSA) is 96.8 Å². The smallest absolute Gasteiger partial charge is 0.333 e. The lowest BCUT2D eigenvalue weighted by atomic mass is 10.2. The van der Waals surface area contributed by atoms with Crippen LogP contribution in [0.3, 0.4) is 0 Å². The molecule has 0 spiro atoms. The molecular weight excluding hydrogens is 240 g/mol. The van der Waals surface area contributed by atoms with Crippen molar-refractivity contribution in [2.75, 3.05) is 39.3 Å². The van der Waals surface area contributed by atoms with Crippen molar-refractivity contribution in [1.29, 1.82) is 0 Å². The van der Waals surface area contributed by atoms with Gasteiger partial charge in [-0.05, 0) is 12.1 Å². The molecule has 0 fully saturated rings. The monoisotopic (exact) mass is 256 g/mol. The molecule has 2 N–H and O–H groups in total. The van der Waals surface area contributed by atoms with Crippen molar-refractivity contribution < 1.29 is 19.1 Å². The van der Waals surface area contributed by atoms with E-state index >= 15 is 0 Å². The third-order valence-corrected chi connectivity index (χ3v) is 2.13. The zero-order chi connectivity index (χ0) is 13.4. The van der Waals surface area contributed by atoms with Crippen LogP contribution in [0.2, 0.25) is 0 Å². The lowest BCUT2D eigenvalue weighted by Gasteiger charge is -2.08. The first-order valence-corrected chi connectivity index (χ1v) is 5.39. The van der Waals surface area contributed by atoms with Gasteiger partial charge in [-0.3, -0.25) is 10.1 Å². The molecule has 0 aliphatic rings. The van der Waals surface area contributed by atoms with Crippen LogP contribution < -0.4 is 10.5 Å². The minimum Gasteiger partial charge on any atom is -0.484 e. The van der Waals surface area contributed by atoms with Gasteiger partial charge in [-0.2, -0.15) is 0 Å². The maximum atomic E-state index is 10.8. The number of ether oxygens (including phenoxy) is 3. The molecule has 0 heterocycles. The molecule has 0 bridgehead atoms. The van der Waals surface area contributed by atoms with E-state index in [-0.39, 0.29) is 23.7 Å². The summed E-state index contributed by atoms with van der Waals surface area (Å²) in [5, 5.41) is 10.8. The lowest BCUT2D eigenvalue weighted by molar-refractivity contribution is -0.384. The summed E-state index contributed by atoms with van der Waals surface area (Å²) in [5.41, 5.74) is 5.39. The van der Waals surface area contributed by atoms with E-state index in [0.29, 0.717) is 19.8 Å². The summed E-state index contributed by atoms with van der Waals surface area (Å²) in [5.74, 6) is 0.148. The van der Waals surface area contributed by atoms with Gasteiger partial charge in [0.25, 0.3) is 0 Å². The molecule has 7 heteroatoms. The molecule has 0 unspecified atom stereocenters. The highest BCUT2D eigenvalue weighted by Crippen LogP contribution is 2.32. The van der Waals surface area contributed by atoms with Crippen molar-refractivity contribution >= 4 is 11.4 Å². The van der Waals surface area contributed by atoms with Gasteiger partial charge in [0, 0.05) is 7.11 Å². The molecule has 0 saturated heterocycles. The van der Waals surface area contributed by atoms with Gasteiger partial charge in [0.15, 0.2) is 5.75 Å². The van der Waals surface area contributed by atoms with Crippen molar-refractivity contribution in [3.8, 4) is 5.75 Å². The second-order valence-electron chi connectivity index (χ2n) is 3.40. The number of nitro groups is 1. The highest BCUT2D eigenvalue weighted by atomic mass is 16.6. The van der Waals surface area contributed by atoms with Crippen LogP contribution >= 0.6 is 0 Å². The van der Waals surface area contributed by atoms with Crippen LogP contribution in [0.15, 0.2) is 18.2 Å². The van der Waals surface area contributed by atoms with E-state index in [9.17, 15) is 10.1 Å². The van der Waals surface area contributed by atoms with Crippen molar-refractivity contribution in [1.82, 2.24) is 0 Å². The number of rotatable bonds is 8. The van der Waals surface area contributed by atoms with E-state index in [1.54, 1.807) is 13.2 Å². The Hall–Kier alpha value is -1.86. The molecule has 1 rings (SSSR count). The van der Waals surface area contributed by atoms with Gasteiger partial charge in [0.1, 0.15) is 12.3 Å². The van der Waals surface area contributed by atoms with Gasteiger partial charge in [0.05, 0.1) is 24.7 Å². The fourth-order valence-corrected chi connectivity index (χ4v) is 1.31. The summed E-state index contributed by atoms with van der Waals surface area (Å²) in [4.78, 5) is 10.3. The van der Waals surface area contributed by atoms with E-state index in [2.05, 4.69) is 0 Å². The van der Waals surface area contributed by atoms with Gasteiger partial charge in [-0.1, -0.05) is 6.07 Å². The van der Waals surface area contributed by atoms with Crippen molar-refractivity contribution in [2.24, 2.45) is 0 Å². The number of para-hydroxylation sites is 1. The maximum absolute atomic E-state index is 10.8. The number of hydrogen-bond acceptors (Lipinski definition) is 6. The molecule has 1 aromatic carbocycles. The highest BCUT2D eigenvalue weighted by Gasteiger charge is 2.18. The Morgan fingerprint density at radius 1 is 1.28 bits per heavy atom. The Kier molecular flexibility index (Phi) is 5.89. The quantitative estimate of drug-likeness (QED) is 0.325. The predicted octanol–water partition coefficient (Wildman–Crippen LogP) is 1.22. The standard InChI is InChI=1S/C11H16N2O5/c1-16-5-6-17-7-8-18-10-4-2-3-9(12)11(10)13(14)15/h2-4H,5-8,12H2,1H3. The highest BCUT2D eigenvalue weighted by molar-refractivity contribution is 5.65. The molecule has 0 aliphatic carbocycles. The number of methoxy groups -OCH3 is 1. The van der Waals surface area contributed by atoms with Crippen LogP contribution in [0.1, 0.15) is 0 Å². The third kappa shape index (κ3) is 4.19. The lowest BCUT2D eigenvalue weighted by Crippen LogP contribution is -2.11. The zero-order valence-corrected chi connectivity index (χ0v) is 10.1. The molecule has 0 aromatic heterocycles. The number of nitrogen functional groups attached to an aromatic ring is 1. The van der Waals surface area contributed by atoms with Gasteiger partial charge in [-0.15, -0.1) is 0 Å². The molecule has 0 radical (unpaired) electrons. The molecule has 18 heavy (non-hydrogen) atoms. The maximum Gasteiger partial charge on any atom is 0.333 e. The Bertz CT molecular complexity index is 397. The van der Waals surface area contributed by atoms with E-state index < -0.39 is 4.92 Å². The van der Waals surface area contributed by atoms with E-state index in [1.165, 1.54) is 12.1 Å². The number of nitro benzene ring substituents is 1. The van der Waals surface area contributed by atoms with Crippen LogP contribution in [0.4, 0.5) is 11.4 Å². The number of hydrogen-bond donors (Lipinski definition) is 1. The third-order valence-electron chi connectivity index (χ3n) is 2.13. The first-order chi connectivity index (χ1) is 8.66. The molecule has 100 valence electrons. The van der Waals surface area contributed by atoms with Crippen molar-refractivity contribution in [3.05, 3.63) is 28.3 Å². The second-order valence-corrected chi connectivity index (χ2v) is 3.40. The number of benzene rings is 1. The normalized spacial score (nSPS) is 10.3. The number of nitrogens with zero attached hydrogens (tertiary/aromatic N) is 1. The Labute approximate surface area is 105 Å². The summed E-state index contributed by atoms with van der Waals surface area (Å²) in [6.07, 6.45) is 0. The first-order valence-electron chi connectivity index (χ1n) is 5.39. The minimum atomic E-state index is -0.559. The molecule has 7 nitrogen and oxygen atoms in total. The Morgan fingerprint density at radius 2 is 2.00 bits per heavy atom. The van der Waals surface area contributed by atoms with E-state index in [0.717, 1.165) is 0 Å². The van der Waals surface area contributed by atoms with Crippen LogP contribution in [-0.4, -0.2) is 38.5 Å². The second kappa shape index (κ2) is 7.46. The number of anilines is 1. The summed E-state index contributed by atoms with van der Waals surface area (Å²) < 4.78 is 15.2. The fourth-order valence-electron chi connectivity index (χ4n) is 1.31. The van der Waals surface area contributed by atoms with Gasteiger partial charge < -0.3 is 19.9 Å². The Balaban J connectivity index is 2.47. The van der Waals surface area contributed by atoms with Gasteiger partial charge >= 0.3 is 5.69 Å². The van der Waals surface area contributed by atoms with Crippen LogP contribution in [0, 0.1) is 10.1 Å². The molecule has 0 amide bonds. The van der Waals surface area contributed by atoms with E-state index in [1.807, 2.05) is 0 Å². The molecule has 0 saturated carbocycles. The average molecular weight is 256 g/mol. The molecule has 0 atom stereocenters.